The zero-order valence-corrected chi connectivity index (χ0v) is 12.8. The van der Waals surface area contributed by atoms with Crippen molar-refractivity contribution in [3.63, 3.8) is 0 Å². The van der Waals surface area contributed by atoms with E-state index < -0.39 is 5.97 Å². The summed E-state index contributed by atoms with van der Waals surface area (Å²) in [4.78, 5) is 18.5. The van der Waals surface area contributed by atoms with Crippen LogP contribution in [0.5, 0.6) is 0 Å². The van der Waals surface area contributed by atoms with Gasteiger partial charge in [-0.05, 0) is 6.92 Å². The number of carbonyl (C=O) groups is 1. The van der Waals surface area contributed by atoms with Crippen molar-refractivity contribution in [2.24, 2.45) is 0 Å². The van der Waals surface area contributed by atoms with Gasteiger partial charge < -0.3 is 19.8 Å². The van der Waals surface area contributed by atoms with Crippen LogP contribution in [0.15, 0.2) is 0 Å². The fraction of sp³-hybridized carbons (Fsp3) is 0.714. The number of rotatable bonds is 6. The van der Waals surface area contributed by atoms with E-state index in [9.17, 15) is 4.79 Å². The molecular weight excluding hydrogens is 272 g/mol. The lowest BCUT2D eigenvalue weighted by Gasteiger charge is -2.27. The van der Waals surface area contributed by atoms with Crippen molar-refractivity contribution in [2.45, 2.75) is 26.8 Å². The zero-order chi connectivity index (χ0) is 15.2. The molecule has 2 heterocycles. The van der Waals surface area contributed by atoms with Gasteiger partial charge in [-0.25, -0.2) is 9.78 Å². The smallest absolute Gasteiger partial charge is 0.360 e. The summed E-state index contributed by atoms with van der Waals surface area (Å²) in [7, 11) is 0. The minimum absolute atomic E-state index is 0.232. The number of hydrogen-bond donors (Lipinski definition) is 1. The minimum Gasteiger partial charge on any atom is -0.461 e. The summed E-state index contributed by atoms with van der Waals surface area (Å²) in [6.07, 6.45) is 0.729. The van der Waals surface area contributed by atoms with Crippen LogP contribution in [-0.2, 0) is 22.4 Å². The molecule has 0 unspecified atom stereocenters. The molecule has 0 spiro atoms. The van der Waals surface area contributed by atoms with E-state index in [0.29, 0.717) is 12.4 Å². The maximum atomic E-state index is 11.8. The van der Waals surface area contributed by atoms with E-state index in [4.69, 9.17) is 15.2 Å². The van der Waals surface area contributed by atoms with Crippen molar-refractivity contribution in [3.05, 3.63) is 11.5 Å². The monoisotopic (exact) mass is 296 g/mol. The van der Waals surface area contributed by atoms with E-state index in [2.05, 4.69) is 9.88 Å². The summed E-state index contributed by atoms with van der Waals surface area (Å²) in [6, 6.07) is 0. The van der Waals surface area contributed by atoms with Gasteiger partial charge in [-0.1, -0.05) is 6.92 Å². The molecule has 7 nitrogen and oxygen atoms in total. The van der Waals surface area contributed by atoms with Gasteiger partial charge in [0, 0.05) is 32.6 Å². The lowest BCUT2D eigenvalue weighted by atomic mass is 10.4. The van der Waals surface area contributed by atoms with E-state index in [0.717, 1.165) is 51.6 Å². The quantitative estimate of drug-likeness (QED) is 0.771. The second-order valence-corrected chi connectivity index (χ2v) is 4.94. The number of ether oxygens (including phenoxy) is 2. The van der Waals surface area contributed by atoms with E-state index in [1.54, 1.807) is 6.92 Å². The number of anilines is 1. The number of carbonyl (C=O) groups excluding carboxylic acids is 1. The Balaban J connectivity index is 2.08. The van der Waals surface area contributed by atoms with Crippen LogP contribution in [-0.4, -0.2) is 59.9 Å². The predicted molar refractivity (Wildman–Crippen MR) is 79.2 cm³/mol. The topological polar surface area (TPSA) is 82.6 Å². The lowest BCUT2D eigenvalue weighted by Crippen LogP contribution is -2.38. The highest BCUT2D eigenvalue weighted by Crippen LogP contribution is 2.16. The van der Waals surface area contributed by atoms with Crippen LogP contribution in [0.25, 0.3) is 0 Å². The summed E-state index contributed by atoms with van der Waals surface area (Å²) in [5.74, 6) is 0.775. The molecule has 118 valence electrons. The van der Waals surface area contributed by atoms with Crippen LogP contribution >= 0.6 is 0 Å². The molecule has 0 aliphatic carbocycles. The van der Waals surface area contributed by atoms with Crippen LogP contribution in [0, 0.1) is 0 Å². The molecule has 0 aromatic carbocycles. The highest BCUT2D eigenvalue weighted by molar-refractivity contribution is 5.92. The first-order valence-electron chi connectivity index (χ1n) is 7.49. The van der Waals surface area contributed by atoms with Crippen LogP contribution in [0.1, 0.15) is 30.2 Å². The Morgan fingerprint density at radius 3 is 2.67 bits per heavy atom. The molecule has 7 heteroatoms. The maximum Gasteiger partial charge on any atom is 0.360 e. The molecule has 1 aromatic heterocycles. The highest BCUT2D eigenvalue weighted by atomic mass is 16.5. The number of morpholine rings is 1. The Morgan fingerprint density at radius 2 is 2.05 bits per heavy atom. The normalized spacial score (nSPS) is 16.1. The molecule has 21 heavy (non-hydrogen) atoms. The van der Waals surface area contributed by atoms with Gasteiger partial charge >= 0.3 is 5.97 Å². The molecule has 0 saturated carbocycles. The predicted octanol–water partition coefficient (Wildman–Crippen LogP) is 0.537. The average Bonchev–Trinajstić information content (AvgIpc) is 2.83. The second-order valence-electron chi connectivity index (χ2n) is 4.94. The first kappa shape index (κ1) is 15.8. The first-order valence-corrected chi connectivity index (χ1v) is 7.49. The van der Waals surface area contributed by atoms with Gasteiger partial charge in [0.15, 0.2) is 5.69 Å². The van der Waals surface area contributed by atoms with Crippen molar-refractivity contribution in [1.29, 1.82) is 0 Å². The van der Waals surface area contributed by atoms with Crippen LogP contribution in [0.4, 0.5) is 5.82 Å². The van der Waals surface area contributed by atoms with Crippen molar-refractivity contribution in [1.82, 2.24) is 14.5 Å². The maximum absolute atomic E-state index is 11.8. The van der Waals surface area contributed by atoms with Crippen LogP contribution < -0.4 is 5.73 Å². The van der Waals surface area contributed by atoms with E-state index in [-0.39, 0.29) is 5.69 Å². The molecule has 1 fully saturated rings. The van der Waals surface area contributed by atoms with Crippen molar-refractivity contribution in [3.8, 4) is 0 Å². The van der Waals surface area contributed by atoms with Gasteiger partial charge in [0.25, 0.3) is 0 Å². The summed E-state index contributed by atoms with van der Waals surface area (Å²) in [5, 5.41) is 0. The number of imidazole rings is 1. The van der Waals surface area contributed by atoms with Crippen LogP contribution in [0.2, 0.25) is 0 Å². The molecular formula is C14H24N4O3. The average molecular weight is 296 g/mol. The van der Waals surface area contributed by atoms with E-state index in [1.165, 1.54) is 0 Å². The fourth-order valence-electron chi connectivity index (χ4n) is 2.45. The van der Waals surface area contributed by atoms with Crippen molar-refractivity contribution >= 4 is 11.8 Å². The Bertz CT molecular complexity index is 481. The van der Waals surface area contributed by atoms with Gasteiger partial charge in [0.1, 0.15) is 11.6 Å². The fourth-order valence-corrected chi connectivity index (χ4v) is 2.45. The number of hydrogen-bond acceptors (Lipinski definition) is 6. The SMILES string of the molecule is CCOC(=O)c1nc(CC)n(CCN2CCOCC2)c1N. The molecule has 0 radical (unpaired) electrons. The molecule has 1 aromatic rings. The third-order valence-corrected chi connectivity index (χ3v) is 3.61. The second kappa shape index (κ2) is 7.42. The Kier molecular flexibility index (Phi) is 5.58. The van der Waals surface area contributed by atoms with Crippen LogP contribution in [0.3, 0.4) is 0 Å². The van der Waals surface area contributed by atoms with Gasteiger partial charge in [0.05, 0.1) is 19.8 Å². The zero-order valence-electron chi connectivity index (χ0n) is 12.8. The van der Waals surface area contributed by atoms with E-state index >= 15 is 0 Å². The van der Waals surface area contributed by atoms with Crippen molar-refractivity contribution < 1.29 is 14.3 Å². The third-order valence-electron chi connectivity index (χ3n) is 3.61. The Hall–Kier alpha value is -1.60. The lowest BCUT2D eigenvalue weighted by molar-refractivity contribution is 0.0364. The van der Waals surface area contributed by atoms with Crippen molar-refractivity contribution in [2.75, 3.05) is 45.2 Å². The third kappa shape index (κ3) is 3.74. The molecule has 2 N–H and O–H groups in total. The summed E-state index contributed by atoms with van der Waals surface area (Å²) < 4.78 is 12.2. The number of aromatic nitrogens is 2. The summed E-state index contributed by atoms with van der Waals surface area (Å²) in [5.41, 5.74) is 6.32. The molecule has 1 aliphatic heterocycles. The number of esters is 1. The largest absolute Gasteiger partial charge is 0.461 e. The van der Waals surface area contributed by atoms with E-state index in [1.807, 2.05) is 11.5 Å². The summed E-state index contributed by atoms with van der Waals surface area (Å²) in [6.45, 7) is 9.09. The highest BCUT2D eigenvalue weighted by Gasteiger charge is 2.21. The number of nitrogen functional groups attached to an aromatic ring is 1. The number of aryl methyl sites for hydroxylation is 1. The minimum atomic E-state index is -0.449. The Morgan fingerprint density at radius 1 is 1.33 bits per heavy atom. The molecule has 0 amide bonds. The number of nitrogens with zero attached hydrogens (tertiary/aromatic N) is 3. The first-order chi connectivity index (χ1) is 10.2. The molecule has 0 atom stereocenters. The van der Waals surface area contributed by atoms with Gasteiger partial charge in [-0.15, -0.1) is 0 Å². The van der Waals surface area contributed by atoms with Gasteiger partial charge in [-0.3, -0.25) is 4.90 Å². The number of nitrogens with two attached hydrogens (primary N) is 1. The summed E-state index contributed by atoms with van der Waals surface area (Å²) >= 11 is 0. The molecule has 0 bridgehead atoms. The molecule has 1 saturated heterocycles. The standard InChI is InChI=1S/C14H24N4O3/c1-3-11-16-12(14(19)21-4-2)13(15)18(11)6-5-17-7-9-20-10-8-17/h3-10,15H2,1-2H3. The Labute approximate surface area is 125 Å². The van der Waals surface area contributed by atoms with Gasteiger partial charge in [0.2, 0.25) is 0 Å². The molecule has 2 rings (SSSR count). The van der Waals surface area contributed by atoms with Gasteiger partial charge in [-0.2, -0.15) is 0 Å². The molecule has 1 aliphatic rings.